The van der Waals surface area contributed by atoms with E-state index in [4.69, 9.17) is 15.2 Å². The van der Waals surface area contributed by atoms with Gasteiger partial charge in [0.05, 0.1) is 13.2 Å². The number of nitrogens with two attached hydrogens (primary N) is 1. The van der Waals surface area contributed by atoms with Crippen molar-refractivity contribution >= 4 is 11.6 Å². The Morgan fingerprint density at radius 2 is 2.15 bits per heavy atom. The average molecular weight is 280 g/mol. The average Bonchev–Trinajstić information content (AvgIpc) is 2.38. The van der Waals surface area contributed by atoms with E-state index in [-0.39, 0.29) is 5.91 Å². The Morgan fingerprint density at radius 1 is 1.40 bits per heavy atom. The van der Waals surface area contributed by atoms with Crippen LogP contribution in [0.25, 0.3) is 0 Å². The summed E-state index contributed by atoms with van der Waals surface area (Å²) in [6.07, 6.45) is 0. The van der Waals surface area contributed by atoms with Gasteiger partial charge in [0, 0.05) is 18.8 Å². The van der Waals surface area contributed by atoms with Crippen LogP contribution in [0.1, 0.15) is 31.1 Å². The summed E-state index contributed by atoms with van der Waals surface area (Å²) < 4.78 is 10.8. The Morgan fingerprint density at radius 3 is 2.80 bits per heavy atom. The summed E-state index contributed by atoms with van der Waals surface area (Å²) in [6, 6.07) is 5.19. The van der Waals surface area contributed by atoms with Gasteiger partial charge in [0.1, 0.15) is 11.3 Å². The molecule has 5 heteroatoms. The lowest BCUT2D eigenvalue weighted by molar-refractivity contribution is 0.0884. The van der Waals surface area contributed by atoms with Crippen LogP contribution in [0, 0.1) is 5.92 Å². The Bertz CT molecular complexity index is 433. The van der Waals surface area contributed by atoms with Gasteiger partial charge in [-0.3, -0.25) is 4.79 Å². The first kappa shape index (κ1) is 16.3. The zero-order valence-electron chi connectivity index (χ0n) is 12.4. The van der Waals surface area contributed by atoms with Crippen LogP contribution >= 0.6 is 0 Å². The predicted molar refractivity (Wildman–Crippen MR) is 80.0 cm³/mol. The maximum atomic E-state index is 12.1. The number of ether oxygens (including phenoxy) is 2. The summed E-state index contributed by atoms with van der Waals surface area (Å²) in [5, 5.41) is 2.79. The summed E-state index contributed by atoms with van der Waals surface area (Å²) in [5.41, 5.74) is 6.65. The van der Waals surface area contributed by atoms with E-state index < -0.39 is 0 Å². The van der Waals surface area contributed by atoms with E-state index in [0.717, 1.165) is 0 Å². The van der Waals surface area contributed by atoms with E-state index in [1.807, 2.05) is 6.92 Å². The van der Waals surface area contributed by atoms with Gasteiger partial charge in [-0.2, -0.15) is 0 Å². The standard InChI is InChI=1S/C15H24N2O3/c1-4-20-13-7-5-6-12(16)14(13)15(18)17-8-9-19-10-11(2)3/h5-7,11H,4,8-10,16H2,1-3H3,(H,17,18). The molecule has 1 amide bonds. The van der Waals surface area contributed by atoms with Crippen LogP contribution in [0.3, 0.4) is 0 Å². The Labute approximate surface area is 120 Å². The number of nitrogen functional groups attached to an aromatic ring is 1. The molecular formula is C15H24N2O3. The number of anilines is 1. The molecule has 112 valence electrons. The molecule has 5 nitrogen and oxygen atoms in total. The first-order valence-corrected chi connectivity index (χ1v) is 6.93. The van der Waals surface area contributed by atoms with Gasteiger partial charge in [-0.15, -0.1) is 0 Å². The van der Waals surface area contributed by atoms with Crippen molar-refractivity contribution in [2.45, 2.75) is 20.8 Å². The molecule has 0 fully saturated rings. The van der Waals surface area contributed by atoms with Crippen molar-refractivity contribution < 1.29 is 14.3 Å². The Kier molecular flexibility index (Phi) is 6.87. The highest BCUT2D eigenvalue weighted by Crippen LogP contribution is 2.24. The minimum Gasteiger partial charge on any atom is -0.493 e. The van der Waals surface area contributed by atoms with Crippen molar-refractivity contribution in [3.8, 4) is 5.75 Å². The molecule has 1 aromatic carbocycles. The number of carbonyl (C=O) groups is 1. The van der Waals surface area contributed by atoms with E-state index in [0.29, 0.717) is 49.3 Å². The van der Waals surface area contributed by atoms with Crippen molar-refractivity contribution in [1.82, 2.24) is 5.32 Å². The van der Waals surface area contributed by atoms with E-state index in [2.05, 4.69) is 19.2 Å². The molecule has 0 aliphatic carbocycles. The van der Waals surface area contributed by atoms with Gasteiger partial charge < -0.3 is 20.5 Å². The zero-order chi connectivity index (χ0) is 15.0. The summed E-state index contributed by atoms with van der Waals surface area (Å²) in [7, 11) is 0. The third-order valence-corrected chi connectivity index (χ3v) is 2.57. The van der Waals surface area contributed by atoms with Crippen molar-refractivity contribution in [3.63, 3.8) is 0 Å². The van der Waals surface area contributed by atoms with Crippen LogP contribution in [0.4, 0.5) is 5.69 Å². The Balaban J connectivity index is 2.54. The molecule has 0 radical (unpaired) electrons. The maximum absolute atomic E-state index is 12.1. The summed E-state index contributed by atoms with van der Waals surface area (Å²) >= 11 is 0. The highest BCUT2D eigenvalue weighted by Gasteiger charge is 2.15. The molecule has 0 unspecified atom stereocenters. The number of hydrogen-bond donors (Lipinski definition) is 2. The lowest BCUT2D eigenvalue weighted by Gasteiger charge is -2.13. The first-order chi connectivity index (χ1) is 9.56. The first-order valence-electron chi connectivity index (χ1n) is 6.93. The van der Waals surface area contributed by atoms with E-state index in [9.17, 15) is 4.79 Å². The lowest BCUT2D eigenvalue weighted by atomic mass is 10.1. The molecule has 0 saturated carbocycles. The van der Waals surface area contributed by atoms with Gasteiger partial charge >= 0.3 is 0 Å². The molecule has 1 rings (SSSR count). The van der Waals surface area contributed by atoms with E-state index in [1.54, 1.807) is 18.2 Å². The quantitative estimate of drug-likeness (QED) is 0.565. The fourth-order valence-electron chi connectivity index (χ4n) is 1.71. The van der Waals surface area contributed by atoms with Crippen molar-refractivity contribution in [3.05, 3.63) is 23.8 Å². The molecule has 0 aliphatic heterocycles. The molecule has 0 spiro atoms. The second kappa shape index (κ2) is 8.43. The zero-order valence-corrected chi connectivity index (χ0v) is 12.4. The highest BCUT2D eigenvalue weighted by atomic mass is 16.5. The van der Waals surface area contributed by atoms with Gasteiger partial charge in [-0.1, -0.05) is 19.9 Å². The van der Waals surface area contributed by atoms with Crippen LogP contribution in [0.5, 0.6) is 5.75 Å². The Hall–Kier alpha value is -1.75. The maximum Gasteiger partial charge on any atom is 0.257 e. The normalized spacial score (nSPS) is 10.6. The van der Waals surface area contributed by atoms with Gasteiger partial charge in [-0.25, -0.2) is 0 Å². The molecule has 0 bridgehead atoms. The number of benzene rings is 1. The van der Waals surface area contributed by atoms with E-state index >= 15 is 0 Å². The highest BCUT2D eigenvalue weighted by molar-refractivity contribution is 6.01. The van der Waals surface area contributed by atoms with Gasteiger partial charge in [-0.05, 0) is 25.0 Å². The second-order valence-electron chi connectivity index (χ2n) is 4.88. The van der Waals surface area contributed by atoms with Gasteiger partial charge in [0.2, 0.25) is 0 Å². The molecule has 20 heavy (non-hydrogen) atoms. The van der Waals surface area contributed by atoms with Gasteiger partial charge in [0.15, 0.2) is 0 Å². The molecule has 0 aromatic heterocycles. The fraction of sp³-hybridized carbons (Fsp3) is 0.533. The number of hydrogen-bond acceptors (Lipinski definition) is 4. The van der Waals surface area contributed by atoms with Crippen LogP contribution in [-0.2, 0) is 4.74 Å². The monoisotopic (exact) mass is 280 g/mol. The summed E-state index contributed by atoms with van der Waals surface area (Å²) in [5.74, 6) is 0.757. The number of carbonyl (C=O) groups excluding carboxylic acids is 1. The van der Waals surface area contributed by atoms with Crippen molar-refractivity contribution in [2.75, 3.05) is 32.1 Å². The molecule has 0 atom stereocenters. The fourth-order valence-corrected chi connectivity index (χ4v) is 1.71. The minimum absolute atomic E-state index is 0.236. The molecule has 0 aliphatic rings. The van der Waals surface area contributed by atoms with E-state index in [1.165, 1.54) is 0 Å². The largest absolute Gasteiger partial charge is 0.493 e. The SMILES string of the molecule is CCOc1cccc(N)c1C(=O)NCCOCC(C)C. The summed E-state index contributed by atoms with van der Waals surface area (Å²) in [6.45, 7) is 8.14. The molecule has 0 saturated heterocycles. The topological polar surface area (TPSA) is 73.6 Å². The van der Waals surface area contributed by atoms with Crippen molar-refractivity contribution in [1.29, 1.82) is 0 Å². The molecular weight excluding hydrogens is 256 g/mol. The van der Waals surface area contributed by atoms with Crippen LogP contribution < -0.4 is 15.8 Å². The van der Waals surface area contributed by atoms with Crippen LogP contribution in [0.15, 0.2) is 18.2 Å². The molecule has 3 N–H and O–H groups in total. The summed E-state index contributed by atoms with van der Waals surface area (Å²) in [4.78, 5) is 12.1. The third kappa shape index (κ3) is 5.09. The van der Waals surface area contributed by atoms with Crippen LogP contribution in [0.2, 0.25) is 0 Å². The number of amides is 1. The number of nitrogens with one attached hydrogen (secondary N) is 1. The van der Waals surface area contributed by atoms with Crippen molar-refractivity contribution in [2.24, 2.45) is 5.92 Å². The van der Waals surface area contributed by atoms with Gasteiger partial charge in [0.25, 0.3) is 5.91 Å². The molecule has 1 aromatic rings. The third-order valence-electron chi connectivity index (χ3n) is 2.57. The lowest BCUT2D eigenvalue weighted by Crippen LogP contribution is -2.28. The second-order valence-corrected chi connectivity index (χ2v) is 4.88. The number of rotatable bonds is 8. The minimum atomic E-state index is -0.236. The smallest absolute Gasteiger partial charge is 0.257 e. The predicted octanol–water partition coefficient (Wildman–Crippen LogP) is 2.07. The molecule has 0 heterocycles. The van der Waals surface area contributed by atoms with Crippen LogP contribution in [-0.4, -0.2) is 32.3 Å².